The number of fused-ring (bicyclic) bond motifs is 2. The summed E-state index contributed by atoms with van der Waals surface area (Å²) >= 11 is 1.74. The summed E-state index contributed by atoms with van der Waals surface area (Å²) in [4.78, 5) is 1.75. The molecule has 0 amide bonds. The summed E-state index contributed by atoms with van der Waals surface area (Å²) in [6, 6.07) is 7.78. The lowest BCUT2D eigenvalue weighted by Crippen LogP contribution is -2.24. The minimum absolute atomic E-state index is 0.0337. The molecule has 168 valence electrons. The zero-order chi connectivity index (χ0) is 22.4. The average molecular weight is 463 g/mol. The number of hydrogen-bond acceptors (Lipinski definition) is 6. The summed E-state index contributed by atoms with van der Waals surface area (Å²) in [5.41, 5.74) is 1.65. The van der Waals surface area contributed by atoms with Crippen molar-refractivity contribution in [3.05, 3.63) is 24.3 Å². The number of thioether (sulfide) groups is 1. The smallest absolute Gasteiger partial charge is 0.170 e. The van der Waals surface area contributed by atoms with E-state index in [1.165, 1.54) is 0 Å². The van der Waals surface area contributed by atoms with Gasteiger partial charge in [0.2, 0.25) is 0 Å². The molecule has 0 spiro atoms. The molecule has 5 nitrogen and oxygen atoms in total. The van der Waals surface area contributed by atoms with Crippen molar-refractivity contribution in [1.82, 2.24) is 0 Å². The van der Waals surface area contributed by atoms with Gasteiger partial charge < -0.3 is 18.9 Å². The third kappa shape index (κ3) is 4.53. The van der Waals surface area contributed by atoms with Gasteiger partial charge in [0, 0.05) is 25.5 Å². The summed E-state index contributed by atoms with van der Waals surface area (Å²) in [6.45, 7) is 14.4. The maximum absolute atomic E-state index is 13.6. The van der Waals surface area contributed by atoms with Crippen LogP contribution in [-0.4, -0.2) is 40.1 Å². The maximum atomic E-state index is 13.6. The van der Waals surface area contributed by atoms with Gasteiger partial charge >= 0.3 is 0 Å². The second-order valence-electron chi connectivity index (χ2n) is 9.52. The lowest BCUT2D eigenvalue weighted by molar-refractivity contribution is 0.169. The SMILES string of the molecule is CC(C)(C)Sc1ccc2c(c1-c1c(S(=O)C(C)(C)C)ccc3c1OCCO3)OCCO2. The van der Waals surface area contributed by atoms with E-state index in [1.54, 1.807) is 11.8 Å². The largest absolute Gasteiger partial charge is 0.486 e. The average Bonchev–Trinajstić information content (AvgIpc) is 2.71. The summed E-state index contributed by atoms with van der Waals surface area (Å²) in [6.07, 6.45) is 0. The molecule has 0 fully saturated rings. The fraction of sp³-hybridized carbons (Fsp3) is 0.500. The Morgan fingerprint density at radius 2 is 1.26 bits per heavy atom. The Morgan fingerprint density at radius 3 is 1.81 bits per heavy atom. The van der Waals surface area contributed by atoms with Crippen LogP contribution in [0.3, 0.4) is 0 Å². The summed E-state index contributed by atoms with van der Waals surface area (Å²) in [7, 11) is -1.28. The molecule has 2 heterocycles. The van der Waals surface area contributed by atoms with Crippen LogP contribution in [0.2, 0.25) is 0 Å². The number of ether oxygens (including phenoxy) is 4. The van der Waals surface area contributed by atoms with Crippen LogP contribution < -0.4 is 18.9 Å². The molecule has 0 radical (unpaired) electrons. The highest BCUT2D eigenvalue weighted by Crippen LogP contribution is 2.54. The molecule has 4 rings (SSSR count). The Bertz CT molecular complexity index is 1020. The maximum Gasteiger partial charge on any atom is 0.170 e. The number of rotatable bonds is 3. The summed E-state index contributed by atoms with van der Waals surface area (Å²) < 4.78 is 37.2. The molecule has 0 saturated carbocycles. The van der Waals surface area contributed by atoms with E-state index < -0.39 is 15.5 Å². The van der Waals surface area contributed by atoms with E-state index in [-0.39, 0.29) is 4.75 Å². The first kappa shape index (κ1) is 22.3. The molecule has 31 heavy (non-hydrogen) atoms. The Kier molecular flexibility index (Phi) is 5.94. The van der Waals surface area contributed by atoms with Crippen molar-refractivity contribution in [2.24, 2.45) is 0 Å². The molecular formula is C24H30O5S2. The zero-order valence-electron chi connectivity index (χ0n) is 19.0. The van der Waals surface area contributed by atoms with Crippen LogP contribution in [0.25, 0.3) is 11.1 Å². The third-order valence-electron chi connectivity index (χ3n) is 4.76. The van der Waals surface area contributed by atoms with E-state index >= 15 is 0 Å². The molecule has 0 N–H and O–H groups in total. The van der Waals surface area contributed by atoms with Gasteiger partial charge in [0.25, 0.3) is 0 Å². The van der Waals surface area contributed by atoms with Gasteiger partial charge in [0.05, 0.1) is 15.7 Å². The Labute approximate surface area is 191 Å². The molecule has 0 saturated heterocycles. The fourth-order valence-electron chi connectivity index (χ4n) is 3.57. The molecule has 0 aliphatic carbocycles. The first-order valence-electron chi connectivity index (χ1n) is 10.5. The van der Waals surface area contributed by atoms with Gasteiger partial charge in [-0.2, -0.15) is 0 Å². The Hall–Kier alpha value is -1.86. The first-order valence-corrected chi connectivity index (χ1v) is 12.5. The highest BCUT2D eigenvalue weighted by atomic mass is 32.2. The highest BCUT2D eigenvalue weighted by molar-refractivity contribution is 8.00. The molecule has 1 unspecified atom stereocenters. The van der Waals surface area contributed by atoms with Gasteiger partial charge in [-0.3, -0.25) is 4.21 Å². The van der Waals surface area contributed by atoms with E-state index in [0.29, 0.717) is 49.4 Å². The van der Waals surface area contributed by atoms with Crippen LogP contribution >= 0.6 is 11.8 Å². The van der Waals surface area contributed by atoms with Crippen molar-refractivity contribution in [3.63, 3.8) is 0 Å². The molecule has 0 aromatic heterocycles. The van der Waals surface area contributed by atoms with E-state index in [9.17, 15) is 4.21 Å². The van der Waals surface area contributed by atoms with Gasteiger partial charge in [-0.15, -0.1) is 11.8 Å². The standard InChI is InChI=1S/C24H30O5S2/c1-23(2,3)30-17-9-7-15-21(28-13-11-26-15)19(17)20-18(31(25)24(4,5)6)10-8-16-22(20)29-14-12-27-16/h7-10H,11-14H2,1-6H3. The number of hydrogen-bond donors (Lipinski definition) is 0. The van der Waals surface area contributed by atoms with Crippen molar-refractivity contribution < 1.29 is 23.2 Å². The van der Waals surface area contributed by atoms with Gasteiger partial charge in [0.15, 0.2) is 23.0 Å². The van der Waals surface area contributed by atoms with Crippen molar-refractivity contribution >= 4 is 22.6 Å². The van der Waals surface area contributed by atoms with Crippen molar-refractivity contribution in [2.45, 2.75) is 60.8 Å². The lowest BCUT2D eigenvalue weighted by atomic mass is 10.0. The third-order valence-corrected chi connectivity index (χ3v) is 7.79. The minimum atomic E-state index is -1.28. The topological polar surface area (TPSA) is 54.0 Å². The molecule has 2 aliphatic heterocycles. The number of benzene rings is 2. The highest BCUT2D eigenvalue weighted by Gasteiger charge is 2.34. The predicted octanol–water partition coefficient (Wildman–Crippen LogP) is 5.69. The predicted molar refractivity (Wildman–Crippen MR) is 126 cm³/mol. The minimum Gasteiger partial charge on any atom is -0.486 e. The monoisotopic (exact) mass is 462 g/mol. The van der Waals surface area contributed by atoms with Gasteiger partial charge in [-0.1, -0.05) is 20.8 Å². The molecule has 2 aromatic rings. The van der Waals surface area contributed by atoms with E-state index in [0.717, 1.165) is 20.9 Å². The van der Waals surface area contributed by atoms with Crippen molar-refractivity contribution in [1.29, 1.82) is 0 Å². The normalized spacial score (nSPS) is 16.7. The molecular weight excluding hydrogens is 432 g/mol. The van der Waals surface area contributed by atoms with E-state index in [4.69, 9.17) is 18.9 Å². The van der Waals surface area contributed by atoms with Crippen LogP contribution in [-0.2, 0) is 10.8 Å². The van der Waals surface area contributed by atoms with Gasteiger partial charge in [-0.05, 0) is 45.0 Å². The van der Waals surface area contributed by atoms with Crippen molar-refractivity contribution in [3.8, 4) is 34.1 Å². The quantitative estimate of drug-likeness (QED) is 0.546. The molecule has 1 atom stereocenters. The van der Waals surface area contributed by atoms with Crippen molar-refractivity contribution in [2.75, 3.05) is 26.4 Å². The van der Waals surface area contributed by atoms with Crippen LogP contribution in [0.1, 0.15) is 41.5 Å². The Balaban J connectivity index is 2.06. The first-order chi connectivity index (χ1) is 14.6. The van der Waals surface area contributed by atoms with Crippen LogP contribution in [0.5, 0.6) is 23.0 Å². The second kappa shape index (κ2) is 8.24. The van der Waals surface area contributed by atoms with Crippen LogP contribution in [0.15, 0.2) is 34.1 Å². The lowest BCUT2D eigenvalue weighted by Gasteiger charge is -2.30. The van der Waals surface area contributed by atoms with E-state index in [2.05, 4.69) is 26.8 Å². The van der Waals surface area contributed by atoms with E-state index in [1.807, 2.05) is 39.0 Å². The molecule has 2 aromatic carbocycles. The molecule has 0 bridgehead atoms. The van der Waals surface area contributed by atoms with Crippen LogP contribution in [0.4, 0.5) is 0 Å². The Morgan fingerprint density at radius 1 is 0.742 bits per heavy atom. The summed E-state index contributed by atoms with van der Waals surface area (Å²) in [5.74, 6) is 2.66. The van der Waals surface area contributed by atoms with Gasteiger partial charge in [-0.25, -0.2) is 0 Å². The molecule has 2 aliphatic rings. The van der Waals surface area contributed by atoms with Crippen LogP contribution in [0, 0.1) is 0 Å². The zero-order valence-corrected chi connectivity index (χ0v) is 20.6. The van der Waals surface area contributed by atoms with Gasteiger partial charge in [0.1, 0.15) is 26.4 Å². The summed E-state index contributed by atoms with van der Waals surface area (Å²) in [5, 5.41) is 0. The second-order valence-corrected chi connectivity index (χ2v) is 13.6. The fourth-order valence-corrected chi connectivity index (χ4v) is 5.89. The molecule has 7 heteroatoms.